The summed E-state index contributed by atoms with van der Waals surface area (Å²) >= 11 is 1.76. The van der Waals surface area contributed by atoms with Crippen molar-refractivity contribution in [2.75, 3.05) is 63.3 Å². The molecule has 226 valence electrons. The molecular weight excluding hydrogens is 556 g/mol. The smallest absolute Gasteiger partial charge is 0.253 e. The molecular formula is C33H42N8OS. The standard InChI is InChI=1S/C33H42N8OS/c1-38-19-14-27(15-20-38)39(2)31(42)24-6-10-26(11-7-24)35-32-36-30-29(5-4-18-41(30)37-32)40-21-16-33(23-34,17-22-40)25-8-12-28(43-3)13-9-25/h4-13,18,27H,14-17,19-23,34H2,1-3H3,(H,35,37). The van der Waals surface area contributed by atoms with Crippen molar-refractivity contribution < 1.29 is 4.79 Å². The lowest BCUT2D eigenvalue weighted by Gasteiger charge is -2.42. The van der Waals surface area contributed by atoms with Gasteiger partial charge < -0.3 is 25.8 Å². The fourth-order valence-electron chi connectivity index (χ4n) is 6.50. The quantitative estimate of drug-likeness (QED) is 0.278. The summed E-state index contributed by atoms with van der Waals surface area (Å²) in [6.45, 7) is 4.49. The van der Waals surface area contributed by atoms with Gasteiger partial charge in [0.15, 0.2) is 5.65 Å². The monoisotopic (exact) mass is 598 g/mol. The van der Waals surface area contributed by atoms with Gasteiger partial charge in [0.05, 0.1) is 5.69 Å². The van der Waals surface area contributed by atoms with Crippen LogP contribution in [0.4, 0.5) is 17.3 Å². The average molecular weight is 599 g/mol. The average Bonchev–Trinajstić information content (AvgIpc) is 3.47. The van der Waals surface area contributed by atoms with E-state index in [0.717, 1.165) is 68.9 Å². The topological polar surface area (TPSA) is 95.0 Å². The Labute approximate surface area is 258 Å². The number of benzene rings is 2. The number of likely N-dealkylation sites (tertiary alicyclic amines) is 1. The number of rotatable bonds is 8. The molecule has 0 bridgehead atoms. The van der Waals surface area contributed by atoms with Gasteiger partial charge in [0, 0.05) is 60.5 Å². The van der Waals surface area contributed by atoms with Gasteiger partial charge in [0.1, 0.15) is 0 Å². The third-order valence-electron chi connectivity index (χ3n) is 9.44. The first-order valence-corrected chi connectivity index (χ1v) is 16.4. The molecule has 2 fully saturated rings. The molecule has 3 N–H and O–H groups in total. The molecule has 0 unspecified atom stereocenters. The predicted octanol–water partition coefficient (Wildman–Crippen LogP) is 4.86. The summed E-state index contributed by atoms with van der Waals surface area (Å²) in [5.41, 5.74) is 11.1. The van der Waals surface area contributed by atoms with Crippen molar-refractivity contribution in [3.05, 3.63) is 78.0 Å². The predicted molar refractivity (Wildman–Crippen MR) is 176 cm³/mol. The van der Waals surface area contributed by atoms with Crippen LogP contribution in [0.2, 0.25) is 0 Å². The maximum absolute atomic E-state index is 13.1. The molecule has 10 heteroatoms. The molecule has 2 aliphatic rings. The number of amides is 1. The number of pyridine rings is 1. The Morgan fingerprint density at radius 1 is 1.05 bits per heavy atom. The minimum absolute atomic E-state index is 0.00559. The summed E-state index contributed by atoms with van der Waals surface area (Å²) in [5.74, 6) is 0.589. The lowest BCUT2D eigenvalue weighted by Crippen LogP contribution is -2.47. The van der Waals surface area contributed by atoms with Crippen molar-refractivity contribution >= 4 is 40.6 Å². The normalized spacial score (nSPS) is 17.7. The Bertz CT molecular complexity index is 1540. The Kier molecular flexibility index (Phi) is 8.61. The van der Waals surface area contributed by atoms with E-state index in [1.807, 2.05) is 53.0 Å². The molecule has 0 spiro atoms. The third kappa shape index (κ3) is 6.09. The zero-order valence-corrected chi connectivity index (χ0v) is 26.2. The fourth-order valence-corrected chi connectivity index (χ4v) is 6.91. The van der Waals surface area contributed by atoms with E-state index < -0.39 is 0 Å². The van der Waals surface area contributed by atoms with Gasteiger partial charge >= 0.3 is 0 Å². The van der Waals surface area contributed by atoms with Crippen LogP contribution >= 0.6 is 11.8 Å². The van der Waals surface area contributed by atoms with E-state index in [1.165, 1.54) is 10.5 Å². The van der Waals surface area contributed by atoms with Crippen molar-refractivity contribution in [1.29, 1.82) is 0 Å². The largest absolute Gasteiger partial charge is 0.368 e. The number of hydrogen-bond acceptors (Lipinski definition) is 8. The van der Waals surface area contributed by atoms with Gasteiger partial charge in [-0.3, -0.25) is 4.79 Å². The molecule has 4 heterocycles. The van der Waals surface area contributed by atoms with Gasteiger partial charge in [-0.1, -0.05) is 12.1 Å². The third-order valence-corrected chi connectivity index (χ3v) is 10.2. The molecule has 2 saturated heterocycles. The summed E-state index contributed by atoms with van der Waals surface area (Å²) < 4.78 is 1.83. The Morgan fingerprint density at radius 3 is 2.40 bits per heavy atom. The van der Waals surface area contributed by atoms with Gasteiger partial charge in [0.25, 0.3) is 5.91 Å². The number of hydrogen-bond donors (Lipinski definition) is 2. The summed E-state index contributed by atoms with van der Waals surface area (Å²) in [5, 5.41) is 8.02. The summed E-state index contributed by atoms with van der Waals surface area (Å²) in [6.07, 6.45) is 8.03. The molecule has 2 aromatic heterocycles. The highest BCUT2D eigenvalue weighted by molar-refractivity contribution is 7.98. The second-order valence-electron chi connectivity index (χ2n) is 11.9. The zero-order valence-electron chi connectivity index (χ0n) is 25.4. The van der Waals surface area contributed by atoms with Gasteiger partial charge in [-0.05, 0) is 106 Å². The van der Waals surface area contributed by atoms with E-state index in [2.05, 4.69) is 58.8 Å². The first kappa shape index (κ1) is 29.5. The number of carbonyl (C=O) groups is 1. The molecule has 0 aliphatic carbocycles. The van der Waals surface area contributed by atoms with Gasteiger partial charge in [0.2, 0.25) is 5.95 Å². The molecule has 4 aromatic rings. The number of aromatic nitrogens is 3. The molecule has 6 rings (SSSR count). The van der Waals surface area contributed by atoms with Crippen LogP contribution in [0.15, 0.2) is 71.8 Å². The van der Waals surface area contributed by atoms with E-state index in [9.17, 15) is 4.79 Å². The van der Waals surface area contributed by atoms with Crippen LogP contribution < -0.4 is 16.0 Å². The van der Waals surface area contributed by atoms with E-state index in [1.54, 1.807) is 11.8 Å². The molecule has 0 saturated carbocycles. The zero-order chi connectivity index (χ0) is 30.0. The molecule has 43 heavy (non-hydrogen) atoms. The summed E-state index contributed by atoms with van der Waals surface area (Å²) in [4.78, 5) is 25.9. The number of nitrogens with zero attached hydrogens (tertiary/aromatic N) is 6. The molecule has 0 radical (unpaired) electrons. The first-order chi connectivity index (χ1) is 20.9. The second-order valence-corrected chi connectivity index (χ2v) is 12.8. The SMILES string of the molecule is CSc1ccc(C2(CN)CCN(c3cccn4nc(Nc5ccc(C(=O)N(C)C6CCN(C)CC6)cc5)nc34)CC2)cc1. The van der Waals surface area contributed by atoms with Gasteiger partial charge in [-0.2, -0.15) is 4.98 Å². The Hall–Kier alpha value is -3.60. The molecule has 2 aromatic carbocycles. The van der Waals surface area contributed by atoms with Crippen LogP contribution in [0.3, 0.4) is 0 Å². The van der Waals surface area contributed by atoms with Crippen LogP contribution in [0.25, 0.3) is 5.65 Å². The van der Waals surface area contributed by atoms with E-state index >= 15 is 0 Å². The molecule has 0 atom stereocenters. The lowest BCUT2D eigenvalue weighted by atomic mass is 9.73. The van der Waals surface area contributed by atoms with Gasteiger partial charge in [-0.25, -0.2) is 4.52 Å². The van der Waals surface area contributed by atoms with Crippen molar-refractivity contribution in [2.45, 2.75) is 42.0 Å². The highest BCUT2D eigenvalue weighted by atomic mass is 32.2. The van der Waals surface area contributed by atoms with Crippen molar-refractivity contribution in [3.63, 3.8) is 0 Å². The molecule has 9 nitrogen and oxygen atoms in total. The van der Waals surface area contributed by atoms with Crippen molar-refractivity contribution in [3.8, 4) is 0 Å². The molecule has 1 amide bonds. The number of thioether (sulfide) groups is 1. The summed E-state index contributed by atoms with van der Waals surface area (Å²) in [7, 11) is 4.05. The Morgan fingerprint density at radius 2 is 1.74 bits per heavy atom. The maximum atomic E-state index is 13.1. The number of nitrogens with two attached hydrogens (primary N) is 1. The van der Waals surface area contributed by atoms with Crippen LogP contribution in [0, 0.1) is 0 Å². The number of anilines is 3. The first-order valence-electron chi connectivity index (χ1n) is 15.2. The number of nitrogens with one attached hydrogen (secondary N) is 1. The fraction of sp³-hybridized carbons (Fsp3) is 0.424. The van der Waals surface area contributed by atoms with E-state index in [0.29, 0.717) is 18.1 Å². The summed E-state index contributed by atoms with van der Waals surface area (Å²) in [6, 6.07) is 20.9. The maximum Gasteiger partial charge on any atom is 0.253 e. The highest BCUT2D eigenvalue weighted by Gasteiger charge is 2.35. The minimum atomic E-state index is -0.00559. The van der Waals surface area contributed by atoms with Gasteiger partial charge in [-0.15, -0.1) is 16.9 Å². The molecule has 2 aliphatic heterocycles. The van der Waals surface area contributed by atoms with Crippen molar-refractivity contribution in [2.24, 2.45) is 5.73 Å². The Balaban J connectivity index is 1.13. The second kappa shape index (κ2) is 12.6. The number of piperidine rings is 2. The number of carbonyl (C=O) groups excluding carboxylic acids is 1. The van der Waals surface area contributed by atoms with Crippen molar-refractivity contribution in [1.82, 2.24) is 24.4 Å². The van der Waals surface area contributed by atoms with Crippen LogP contribution in [0.5, 0.6) is 0 Å². The van der Waals surface area contributed by atoms with Crippen LogP contribution in [-0.2, 0) is 5.41 Å². The van der Waals surface area contributed by atoms with E-state index in [-0.39, 0.29) is 17.4 Å². The minimum Gasteiger partial charge on any atom is -0.368 e. The highest BCUT2D eigenvalue weighted by Crippen LogP contribution is 2.37. The van der Waals surface area contributed by atoms with Crippen LogP contribution in [-0.4, -0.2) is 89.4 Å². The van der Waals surface area contributed by atoms with Crippen LogP contribution in [0.1, 0.15) is 41.6 Å². The lowest BCUT2D eigenvalue weighted by molar-refractivity contribution is 0.0659. The number of fused-ring (bicyclic) bond motifs is 1. The van der Waals surface area contributed by atoms with E-state index in [4.69, 9.17) is 15.8 Å².